The van der Waals surface area contributed by atoms with E-state index in [0.29, 0.717) is 16.1 Å². The average molecular weight is 206 g/mol. The molecule has 0 unspecified atom stereocenters. The van der Waals surface area contributed by atoms with E-state index in [1.54, 1.807) is 0 Å². The zero-order valence-electron chi connectivity index (χ0n) is 6.28. The second kappa shape index (κ2) is 7.04. The topological polar surface area (TPSA) is 90.7 Å². The number of nitrogens with one attached hydrogen (secondary N) is 2. The van der Waals surface area contributed by atoms with Gasteiger partial charge in [0.25, 0.3) is 0 Å². The maximum absolute atomic E-state index is 7.75. The lowest BCUT2D eigenvalue weighted by atomic mass is 10.8. The van der Waals surface area contributed by atoms with Crippen molar-refractivity contribution in [2.45, 2.75) is 0 Å². The normalized spacial score (nSPS) is 8.50. The molecule has 5 N–H and O–H groups in total. The van der Waals surface area contributed by atoms with Crippen LogP contribution in [0.15, 0.2) is 6.33 Å². The Morgan fingerprint density at radius 1 is 1.58 bits per heavy atom. The molecule has 7 heteroatoms. The van der Waals surface area contributed by atoms with Gasteiger partial charge >= 0.3 is 0 Å². The molecule has 68 valence electrons. The van der Waals surface area contributed by atoms with Gasteiger partial charge in [0, 0.05) is 6.54 Å². The number of nitrogens with two attached hydrogens (primary N) is 1. The highest BCUT2D eigenvalue weighted by Gasteiger charge is 1.72. The molecule has 0 radical (unpaired) electrons. The molecule has 1 heterocycles. The van der Waals surface area contributed by atoms with Crippen LogP contribution in [0, 0.1) is 9.54 Å². The van der Waals surface area contributed by atoms with Gasteiger partial charge in [0.05, 0.1) is 12.9 Å². The summed E-state index contributed by atoms with van der Waals surface area (Å²) >= 11 is 9.33. The van der Waals surface area contributed by atoms with Crippen LogP contribution in [0.2, 0.25) is 0 Å². The zero-order valence-corrected chi connectivity index (χ0v) is 7.91. The minimum atomic E-state index is 0.0972. The SMILES string of the molecule is NCCO.S=c1nc[nH]c(=S)[nH]1. The molecule has 0 fully saturated rings. The fourth-order valence-corrected chi connectivity index (χ4v) is 0.684. The van der Waals surface area contributed by atoms with Crippen molar-refractivity contribution in [2.75, 3.05) is 13.2 Å². The number of hydrogen-bond acceptors (Lipinski definition) is 5. The number of H-pyrrole nitrogens is 2. The molecule has 0 atom stereocenters. The van der Waals surface area contributed by atoms with Gasteiger partial charge < -0.3 is 20.8 Å². The zero-order chi connectivity index (χ0) is 9.40. The van der Waals surface area contributed by atoms with Crippen molar-refractivity contribution in [1.29, 1.82) is 0 Å². The number of aromatic nitrogens is 3. The Balaban J connectivity index is 0.000000261. The molecule has 0 aliphatic heterocycles. The van der Waals surface area contributed by atoms with Crippen LogP contribution < -0.4 is 5.73 Å². The Kier molecular flexibility index (Phi) is 6.67. The fourth-order valence-electron chi connectivity index (χ4n) is 0.315. The van der Waals surface area contributed by atoms with Crippen molar-refractivity contribution in [3.8, 4) is 0 Å². The highest BCUT2D eigenvalue weighted by Crippen LogP contribution is 1.74. The first kappa shape index (κ1) is 11.4. The van der Waals surface area contributed by atoms with E-state index in [2.05, 4.69) is 39.4 Å². The molecule has 1 aromatic heterocycles. The number of aromatic amines is 2. The van der Waals surface area contributed by atoms with Gasteiger partial charge in [-0.15, -0.1) is 0 Å². The van der Waals surface area contributed by atoms with Crippen LogP contribution in [0.25, 0.3) is 0 Å². The van der Waals surface area contributed by atoms with Gasteiger partial charge in [-0.25, -0.2) is 4.98 Å². The molecule has 5 nitrogen and oxygen atoms in total. The highest BCUT2D eigenvalue weighted by molar-refractivity contribution is 7.71. The van der Waals surface area contributed by atoms with Crippen LogP contribution in [0.3, 0.4) is 0 Å². The van der Waals surface area contributed by atoms with E-state index in [-0.39, 0.29) is 6.61 Å². The van der Waals surface area contributed by atoms with Crippen LogP contribution in [0.5, 0.6) is 0 Å². The summed E-state index contributed by atoms with van der Waals surface area (Å²) in [7, 11) is 0. The minimum Gasteiger partial charge on any atom is -0.395 e. The maximum atomic E-state index is 7.75. The molecule has 0 aliphatic carbocycles. The molecule has 0 amide bonds. The average Bonchev–Trinajstić information content (AvgIpc) is 2.04. The van der Waals surface area contributed by atoms with E-state index in [9.17, 15) is 0 Å². The predicted molar refractivity (Wildman–Crippen MR) is 50.7 cm³/mol. The summed E-state index contributed by atoms with van der Waals surface area (Å²) in [6.07, 6.45) is 1.46. The van der Waals surface area contributed by atoms with E-state index in [4.69, 9.17) is 10.8 Å². The Morgan fingerprint density at radius 3 is 2.42 bits per heavy atom. The van der Waals surface area contributed by atoms with Crippen molar-refractivity contribution >= 4 is 24.4 Å². The highest BCUT2D eigenvalue weighted by atomic mass is 32.1. The van der Waals surface area contributed by atoms with Crippen molar-refractivity contribution < 1.29 is 5.11 Å². The molecule has 1 rings (SSSR count). The first-order valence-electron chi connectivity index (χ1n) is 3.15. The van der Waals surface area contributed by atoms with E-state index in [1.807, 2.05) is 0 Å². The number of rotatable bonds is 1. The van der Waals surface area contributed by atoms with Crippen molar-refractivity contribution in [1.82, 2.24) is 15.0 Å². The van der Waals surface area contributed by atoms with E-state index >= 15 is 0 Å². The summed E-state index contributed by atoms with van der Waals surface area (Å²) < 4.78 is 0.916. The van der Waals surface area contributed by atoms with Crippen LogP contribution in [-0.4, -0.2) is 33.2 Å². The third kappa shape index (κ3) is 6.10. The third-order valence-electron chi connectivity index (χ3n) is 0.727. The Labute approximate surface area is 79.7 Å². The van der Waals surface area contributed by atoms with Gasteiger partial charge in [-0.2, -0.15) is 0 Å². The van der Waals surface area contributed by atoms with E-state index in [1.165, 1.54) is 6.33 Å². The largest absolute Gasteiger partial charge is 0.395 e. The van der Waals surface area contributed by atoms with Gasteiger partial charge in [0.1, 0.15) is 0 Å². The molecule has 0 saturated heterocycles. The van der Waals surface area contributed by atoms with E-state index in [0.717, 1.165) is 0 Å². The molecular formula is C5H10N4OS2. The fraction of sp³-hybridized carbons (Fsp3) is 0.400. The monoisotopic (exact) mass is 206 g/mol. The van der Waals surface area contributed by atoms with Crippen LogP contribution >= 0.6 is 24.4 Å². The molecule has 12 heavy (non-hydrogen) atoms. The van der Waals surface area contributed by atoms with Gasteiger partial charge in [-0.3, -0.25) is 0 Å². The van der Waals surface area contributed by atoms with E-state index < -0.39 is 0 Å². The smallest absolute Gasteiger partial charge is 0.200 e. The van der Waals surface area contributed by atoms with Gasteiger partial charge in [-0.05, 0) is 24.4 Å². The molecule has 0 bridgehead atoms. The predicted octanol–water partition coefficient (Wildman–Crippen LogP) is 0.134. The summed E-state index contributed by atoms with van der Waals surface area (Å²) in [5.41, 5.74) is 4.78. The molecule has 0 aromatic carbocycles. The molecule has 0 aliphatic rings. The Morgan fingerprint density at radius 2 is 2.17 bits per heavy atom. The number of aliphatic hydroxyl groups excluding tert-OH is 1. The maximum Gasteiger partial charge on any atom is 0.200 e. The lowest BCUT2D eigenvalue weighted by Gasteiger charge is -1.80. The first-order chi connectivity index (χ1) is 5.70. The van der Waals surface area contributed by atoms with Gasteiger partial charge in [0.15, 0.2) is 9.54 Å². The van der Waals surface area contributed by atoms with Gasteiger partial charge in [-0.1, -0.05) is 0 Å². The molecular weight excluding hydrogens is 196 g/mol. The Bertz CT molecular complexity index is 279. The van der Waals surface area contributed by atoms with Crippen molar-refractivity contribution in [3.63, 3.8) is 0 Å². The lowest BCUT2D eigenvalue weighted by molar-refractivity contribution is 0.306. The molecule has 0 spiro atoms. The van der Waals surface area contributed by atoms with Crippen molar-refractivity contribution in [2.24, 2.45) is 5.73 Å². The van der Waals surface area contributed by atoms with Crippen molar-refractivity contribution in [3.05, 3.63) is 15.9 Å². The molecule has 1 aromatic rings. The molecule has 0 saturated carbocycles. The second-order valence-electron chi connectivity index (χ2n) is 1.67. The standard InChI is InChI=1S/C3H3N3S2.C2H7NO/c7-2-4-1-5-3(8)6-2;3-1-2-4/h1H,(H2,4,5,6,7,8);4H,1-3H2. The number of hydrogen-bond donors (Lipinski definition) is 4. The number of nitrogens with zero attached hydrogens (tertiary/aromatic N) is 1. The minimum absolute atomic E-state index is 0.0972. The first-order valence-corrected chi connectivity index (χ1v) is 3.97. The van der Waals surface area contributed by atoms with Gasteiger partial charge in [0.2, 0.25) is 0 Å². The van der Waals surface area contributed by atoms with Crippen LogP contribution in [0.4, 0.5) is 0 Å². The van der Waals surface area contributed by atoms with Crippen LogP contribution in [0.1, 0.15) is 0 Å². The number of aliphatic hydroxyl groups is 1. The summed E-state index contributed by atoms with van der Waals surface area (Å²) in [6, 6.07) is 0. The van der Waals surface area contributed by atoms with Crippen LogP contribution in [-0.2, 0) is 0 Å². The second-order valence-corrected chi connectivity index (χ2v) is 2.47. The lowest BCUT2D eigenvalue weighted by Crippen LogP contribution is -2.02. The Hall–Kier alpha value is -0.630. The summed E-state index contributed by atoms with van der Waals surface area (Å²) in [6.45, 7) is 0.472. The summed E-state index contributed by atoms with van der Waals surface area (Å²) in [5.74, 6) is 0. The third-order valence-corrected chi connectivity index (χ3v) is 1.15. The summed E-state index contributed by atoms with van der Waals surface area (Å²) in [5, 5.41) is 7.75. The quantitative estimate of drug-likeness (QED) is 0.490. The summed E-state index contributed by atoms with van der Waals surface area (Å²) in [4.78, 5) is 8.96.